The maximum atomic E-state index is 12.3. The van der Waals surface area contributed by atoms with E-state index in [0.29, 0.717) is 38.1 Å². The number of aliphatic carboxylic acids is 1. The van der Waals surface area contributed by atoms with Crippen molar-refractivity contribution in [2.75, 3.05) is 26.7 Å². The van der Waals surface area contributed by atoms with Crippen LogP contribution in [0.5, 0.6) is 0 Å². The van der Waals surface area contributed by atoms with E-state index in [4.69, 9.17) is 9.84 Å². The zero-order chi connectivity index (χ0) is 16.1. The number of amides is 2. The summed E-state index contributed by atoms with van der Waals surface area (Å²) in [5.41, 5.74) is 0. The molecule has 0 bridgehead atoms. The minimum Gasteiger partial charge on any atom is -0.481 e. The molecule has 1 saturated carbocycles. The Labute approximate surface area is 132 Å². The fourth-order valence-electron chi connectivity index (χ4n) is 3.61. The first kappa shape index (κ1) is 17.1. The van der Waals surface area contributed by atoms with E-state index in [1.807, 2.05) is 6.92 Å². The lowest BCUT2D eigenvalue weighted by Crippen LogP contribution is -2.50. The Balaban J connectivity index is 1.76. The Morgan fingerprint density at radius 2 is 1.91 bits per heavy atom. The van der Waals surface area contributed by atoms with Crippen molar-refractivity contribution in [3.8, 4) is 0 Å². The van der Waals surface area contributed by atoms with Gasteiger partial charge in [0.1, 0.15) is 0 Å². The molecule has 2 N–H and O–H groups in total. The van der Waals surface area contributed by atoms with Crippen molar-refractivity contribution < 1.29 is 19.4 Å². The molecule has 1 aliphatic heterocycles. The Kier molecular flexibility index (Phi) is 6.06. The molecule has 2 atom stereocenters. The number of carboxylic acid groups (broad SMARTS) is 1. The topological polar surface area (TPSA) is 78.9 Å². The molecule has 6 heteroatoms. The van der Waals surface area contributed by atoms with Gasteiger partial charge in [0.25, 0.3) is 0 Å². The van der Waals surface area contributed by atoms with Crippen LogP contribution in [-0.4, -0.2) is 54.9 Å². The molecule has 22 heavy (non-hydrogen) atoms. The third kappa shape index (κ3) is 4.60. The second-order valence-corrected chi connectivity index (χ2v) is 6.85. The first-order valence-electron chi connectivity index (χ1n) is 8.28. The predicted octanol–water partition coefficient (Wildman–Crippen LogP) is 1.94. The summed E-state index contributed by atoms with van der Waals surface area (Å²) < 4.78 is 5.36. The molecular formula is C16H28N2O4. The van der Waals surface area contributed by atoms with Gasteiger partial charge in [-0.3, -0.25) is 4.79 Å². The average Bonchev–Trinajstić information content (AvgIpc) is 2.52. The minimum atomic E-state index is -0.803. The highest BCUT2D eigenvalue weighted by Gasteiger charge is 2.32. The van der Waals surface area contributed by atoms with E-state index in [0.717, 1.165) is 25.7 Å². The number of ether oxygens (including phenoxy) is 1. The van der Waals surface area contributed by atoms with Gasteiger partial charge in [0.05, 0.1) is 12.0 Å². The fourth-order valence-corrected chi connectivity index (χ4v) is 3.61. The van der Waals surface area contributed by atoms with Gasteiger partial charge in [-0.25, -0.2) is 4.79 Å². The van der Waals surface area contributed by atoms with Gasteiger partial charge in [0, 0.05) is 26.7 Å². The molecule has 0 aromatic carbocycles. The summed E-state index contributed by atoms with van der Waals surface area (Å²) in [6.07, 6.45) is 5.28. The Bertz CT molecular complexity index is 394. The van der Waals surface area contributed by atoms with Crippen LogP contribution in [0.25, 0.3) is 0 Å². The van der Waals surface area contributed by atoms with Crippen LogP contribution in [0.15, 0.2) is 0 Å². The van der Waals surface area contributed by atoms with Crippen LogP contribution in [0.2, 0.25) is 0 Å². The van der Waals surface area contributed by atoms with E-state index in [1.54, 1.807) is 12.0 Å². The molecule has 0 aromatic rings. The first-order chi connectivity index (χ1) is 10.5. The van der Waals surface area contributed by atoms with E-state index < -0.39 is 11.9 Å². The van der Waals surface area contributed by atoms with Gasteiger partial charge >= 0.3 is 12.0 Å². The van der Waals surface area contributed by atoms with Gasteiger partial charge in [-0.2, -0.15) is 0 Å². The van der Waals surface area contributed by atoms with Crippen LogP contribution in [0, 0.1) is 17.8 Å². The molecule has 2 unspecified atom stereocenters. The molecule has 1 saturated heterocycles. The highest BCUT2D eigenvalue weighted by molar-refractivity contribution is 5.76. The number of rotatable bonds is 4. The normalized spacial score (nSPS) is 32.5. The molecule has 1 heterocycles. The van der Waals surface area contributed by atoms with E-state index in [1.165, 1.54) is 0 Å². The maximum absolute atomic E-state index is 12.3. The lowest BCUT2D eigenvalue weighted by atomic mass is 9.87. The summed E-state index contributed by atoms with van der Waals surface area (Å²) in [7, 11) is 1.75. The summed E-state index contributed by atoms with van der Waals surface area (Å²) in [6, 6.07) is -0.119. The van der Waals surface area contributed by atoms with Crippen molar-refractivity contribution in [1.29, 1.82) is 0 Å². The third-order valence-electron chi connectivity index (χ3n) is 4.97. The van der Waals surface area contributed by atoms with E-state index in [9.17, 15) is 9.59 Å². The van der Waals surface area contributed by atoms with Crippen LogP contribution < -0.4 is 5.32 Å². The molecule has 0 radical (unpaired) electrons. The molecule has 126 valence electrons. The maximum Gasteiger partial charge on any atom is 0.317 e. The number of methoxy groups -OCH3 is 1. The van der Waals surface area contributed by atoms with Gasteiger partial charge in [-0.15, -0.1) is 0 Å². The van der Waals surface area contributed by atoms with Gasteiger partial charge < -0.3 is 20.1 Å². The predicted molar refractivity (Wildman–Crippen MR) is 82.6 cm³/mol. The number of nitrogens with zero attached hydrogens (tertiary/aromatic N) is 1. The second kappa shape index (κ2) is 7.81. The van der Waals surface area contributed by atoms with E-state index >= 15 is 0 Å². The van der Waals surface area contributed by atoms with Gasteiger partial charge in [-0.1, -0.05) is 6.92 Å². The molecule has 6 nitrogen and oxygen atoms in total. The number of carbonyl (C=O) groups is 2. The monoisotopic (exact) mass is 312 g/mol. The van der Waals surface area contributed by atoms with E-state index in [-0.39, 0.29) is 11.9 Å². The molecule has 0 spiro atoms. The molecule has 2 fully saturated rings. The summed E-state index contributed by atoms with van der Waals surface area (Å²) in [5, 5.41) is 12.2. The van der Waals surface area contributed by atoms with Crippen LogP contribution in [0.4, 0.5) is 4.79 Å². The van der Waals surface area contributed by atoms with Gasteiger partial charge in [0.2, 0.25) is 0 Å². The molecular weight excluding hydrogens is 284 g/mol. The van der Waals surface area contributed by atoms with E-state index in [2.05, 4.69) is 5.32 Å². The highest BCUT2D eigenvalue weighted by atomic mass is 16.5. The van der Waals surface area contributed by atoms with Crippen molar-refractivity contribution >= 4 is 12.0 Å². The van der Waals surface area contributed by atoms with Crippen LogP contribution in [-0.2, 0) is 9.53 Å². The van der Waals surface area contributed by atoms with Crippen LogP contribution in [0.3, 0.4) is 0 Å². The first-order valence-corrected chi connectivity index (χ1v) is 8.28. The van der Waals surface area contributed by atoms with Gasteiger partial charge in [0.15, 0.2) is 0 Å². The average molecular weight is 312 g/mol. The number of nitrogens with one attached hydrogen (secondary N) is 1. The number of piperidine rings is 1. The number of likely N-dealkylation sites (tertiary alicyclic amines) is 1. The standard InChI is InChI=1S/C16H28N2O4/c1-11-7-13(15(19)20)10-18(9-11)16(21)17-8-12-3-5-14(22-2)6-4-12/h11-14H,3-10H2,1-2H3,(H,17,21)(H,19,20). The molecule has 2 rings (SSSR count). The Morgan fingerprint density at radius 1 is 1.23 bits per heavy atom. The van der Waals surface area contributed by atoms with Crippen LogP contribution >= 0.6 is 0 Å². The molecule has 2 aliphatic rings. The number of urea groups is 1. The summed E-state index contributed by atoms with van der Waals surface area (Å²) in [6.45, 7) is 3.65. The largest absolute Gasteiger partial charge is 0.481 e. The van der Waals surface area contributed by atoms with Crippen molar-refractivity contribution in [2.45, 2.75) is 45.1 Å². The zero-order valence-corrected chi connectivity index (χ0v) is 13.6. The quantitative estimate of drug-likeness (QED) is 0.831. The number of carboxylic acids is 1. The van der Waals surface area contributed by atoms with Crippen molar-refractivity contribution in [2.24, 2.45) is 17.8 Å². The number of carbonyl (C=O) groups excluding carboxylic acids is 1. The fraction of sp³-hybridized carbons (Fsp3) is 0.875. The highest BCUT2D eigenvalue weighted by Crippen LogP contribution is 2.26. The Hall–Kier alpha value is -1.30. The minimum absolute atomic E-state index is 0.119. The number of hydrogen-bond donors (Lipinski definition) is 2. The number of hydrogen-bond acceptors (Lipinski definition) is 3. The third-order valence-corrected chi connectivity index (χ3v) is 4.97. The van der Waals surface area contributed by atoms with Gasteiger partial charge in [-0.05, 0) is 43.9 Å². The summed E-state index contributed by atoms with van der Waals surface area (Å²) in [5.74, 6) is -0.501. The molecule has 0 aromatic heterocycles. The Morgan fingerprint density at radius 3 is 2.50 bits per heavy atom. The second-order valence-electron chi connectivity index (χ2n) is 6.85. The lowest BCUT2D eigenvalue weighted by Gasteiger charge is -2.35. The van der Waals surface area contributed by atoms with Crippen LogP contribution in [0.1, 0.15) is 39.0 Å². The zero-order valence-electron chi connectivity index (χ0n) is 13.6. The van der Waals surface area contributed by atoms with Crippen molar-refractivity contribution in [1.82, 2.24) is 10.2 Å². The lowest BCUT2D eigenvalue weighted by molar-refractivity contribution is -0.143. The van der Waals surface area contributed by atoms with Crippen molar-refractivity contribution in [3.05, 3.63) is 0 Å². The smallest absolute Gasteiger partial charge is 0.317 e. The van der Waals surface area contributed by atoms with Crippen molar-refractivity contribution in [3.63, 3.8) is 0 Å². The summed E-state index contributed by atoms with van der Waals surface area (Å²) >= 11 is 0. The summed E-state index contributed by atoms with van der Waals surface area (Å²) in [4.78, 5) is 25.1. The molecule has 2 amide bonds. The SMILES string of the molecule is COC1CCC(CNC(=O)N2CC(C)CC(C(=O)O)C2)CC1. The molecule has 1 aliphatic carbocycles.